The number of pyridine rings is 1. The molecule has 0 fully saturated rings. The maximum absolute atomic E-state index is 13.5. The molecule has 1 aliphatic heterocycles. The number of hydrogen-bond acceptors (Lipinski definition) is 3. The van der Waals surface area contributed by atoms with E-state index in [1.807, 2.05) is 0 Å². The van der Waals surface area contributed by atoms with Crippen molar-refractivity contribution >= 4 is 5.78 Å². The molecule has 0 saturated carbocycles. The molecular weight excluding hydrogens is 345 g/mol. The van der Waals surface area contributed by atoms with Crippen molar-refractivity contribution in [2.75, 3.05) is 20.0 Å². The smallest absolute Gasteiger partial charge is 0.302 e. The second-order valence-corrected chi connectivity index (χ2v) is 5.74. The van der Waals surface area contributed by atoms with Gasteiger partial charge in [0, 0.05) is 11.1 Å². The Hall–Kier alpha value is -2.51. The van der Waals surface area contributed by atoms with Crippen LogP contribution in [0, 0.1) is 5.82 Å². The van der Waals surface area contributed by atoms with Gasteiger partial charge in [-0.25, -0.2) is 26.9 Å². The van der Waals surface area contributed by atoms with Gasteiger partial charge in [0.25, 0.3) is 0 Å². The van der Waals surface area contributed by atoms with E-state index in [4.69, 9.17) is 4.74 Å². The zero-order valence-corrected chi connectivity index (χ0v) is 12.7. The molecule has 25 heavy (non-hydrogen) atoms. The fourth-order valence-electron chi connectivity index (χ4n) is 2.66. The van der Waals surface area contributed by atoms with E-state index in [9.17, 15) is 26.7 Å². The molecule has 0 unspecified atom stereocenters. The first-order valence-electron chi connectivity index (χ1n) is 7.30. The molecule has 2 heterocycles. The average Bonchev–Trinajstić information content (AvgIpc) is 3.00. The van der Waals surface area contributed by atoms with E-state index in [-0.39, 0.29) is 29.2 Å². The van der Waals surface area contributed by atoms with Gasteiger partial charge < -0.3 is 4.74 Å². The number of ether oxygens (including phenoxy) is 1. The lowest BCUT2D eigenvalue weighted by molar-refractivity contribution is 0.0673. The molecule has 8 heteroatoms. The topological polar surface area (TPSA) is 39.2 Å². The highest BCUT2D eigenvalue weighted by atomic mass is 19.3. The van der Waals surface area contributed by atoms with Crippen LogP contribution in [-0.2, 0) is 5.41 Å². The maximum atomic E-state index is 13.5. The number of benzene rings is 1. The molecule has 0 bridgehead atoms. The average molecular weight is 357 g/mol. The summed E-state index contributed by atoms with van der Waals surface area (Å²) in [4.78, 5) is 15.5. The molecule has 0 saturated heterocycles. The number of aromatic nitrogens is 1. The first-order valence-corrected chi connectivity index (χ1v) is 7.30. The van der Waals surface area contributed by atoms with Crippen molar-refractivity contribution in [3.63, 3.8) is 0 Å². The Kier molecular flexibility index (Phi) is 4.45. The standard InChI is InChI=1S/C17H12F5NO2/c18-6-17(7-19)8-25-15-11(17)5-12(14(24)16(21)22)23-13(15)9-1-3-10(20)4-2-9/h1-5,16H,6-8H2. The number of halogens is 5. The summed E-state index contributed by atoms with van der Waals surface area (Å²) in [6, 6.07) is 5.78. The number of hydrogen-bond donors (Lipinski definition) is 0. The fraction of sp³-hybridized carbons (Fsp3) is 0.294. The van der Waals surface area contributed by atoms with E-state index in [1.165, 1.54) is 12.1 Å². The minimum atomic E-state index is -3.32. The van der Waals surface area contributed by atoms with Crippen molar-refractivity contribution in [2.45, 2.75) is 11.8 Å². The van der Waals surface area contributed by atoms with Gasteiger partial charge in [-0.3, -0.25) is 4.79 Å². The Morgan fingerprint density at radius 1 is 1.20 bits per heavy atom. The summed E-state index contributed by atoms with van der Waals surface area (Å²) in [6.45, 7) is -2.62. The second-order valence-electron chi connectivity index (χ2n) is 5.74. The van der Waals surface area contributed by atoms with Crippen LogP contribution in [0.15, 0.2) is 30.3 Å². The SMILES string of the molecule is O=C(c1cc2c(c(-c3ccc(F)cc3)n1)OCC2(CF)CF)C(F)F. The monoisotopic (exact) mass is 357 g/mol. The number of alkyl halides is 4. The fourth-order valence-corrected chi connectivity index (χ4v) is 2.66. The molecule has 0 radical (unpaired) electrons. The van der Waals surface area contributed by atoms with E-state index in [0.29, 0.717) is 0 Å². The third kappa shape index (κ3) is 2.85. The lowest BCUT2D eigenvalue weighted by atomic mass is 9.84. The summed E-state index contributed by atoms with van der Waals surface area (Å²) < 4.78 is 71.0. The van der Waals surface area contributed by atoms with Gasteiger partial charge in [0.2, 0.25) is 5.78 Å². The number of carbonyl (C=O) groups excluding carboxylic acids is 1. The third-order valence-electron chi connectivity index (χ3n) is 4.12. The second kappa shape index (κ2) is 6.42. The van der Waals surface area contributed by atoms with Crippen LogP contribution in [0.2, 0.25) is 0 Å². The summed E-state index contributed by atoms with van der Waals surface area (Å²) in [5.41, 5.74) is -2.09. The highest BCUT2D eigenvalue weighted by Crippen LogP contribution is 2.45. The zero-order valence-electron chi connectivity index (χ0n) is 12.7. The van der Waals surface area contributed by atoms with Gasteiger partial charge in [-0.15, -0.1) is 0 Å². The highest BCUT2D eigenvalue weighted by molar-refractivity contribution is 5.98. The maximum Gasteiger partial charge on any atom is 0.302 e. The summed E-state index contributed by atoms with van der Waals surface area (Å²) in [5.74, 6) is -2.10. The first-order chi connectivity index (χ1) is 11.9. The molecule has 1 aromatic carbocycles. The van der Waals surface area contributed by atoms with E-state index in [1.54, 1.807) is 0 Å². The van der Waals surface area contributed by atoms with Crippen molar-refractivity contribution < 1.29 is 31.5 Å². The third-order valence-corrected chi connectivity index (χ3v) is 4.12. The van der Waals surface area contributed by atoms with Gasteiger partial charge in [0.05, 0.1) is 5.41 Å². The van der Waals surface area contributed by atoms with Crippen LogP contribution in [0.3, 0.4) is 0 Å². The number of Topliss-reactive ketones (excluding diaryl/α,β-unsaturated/α-hetero) is 1. The van der Waals surface area contributed by atoms with Crippen LogP contribution in [0.4, 0.5) is 22.0 Å². The van der Waals surface area contributed by atoms with E-state index in [0.717, 1.165) is 18.2 Å². The van der Waals surface area contributed by atoms with E-state index >= 15 is 0 Å². The zero-order chi connectivity index (χ0) is 18.2. The number of nitrogens with zero attached hydrogens (tertiary/aromatic N) is 1. The summed E-state index contributed by atoms with van der Waals surface area (Å²) in [5, 5.41) is 0. The largest absolute Gasteiger partial charge is 0.490 e. The van der Waals surface area contributed by atoms with Crippen molar-refractivity contribution in [2.24, 2.45) is 0 Å². The number of rotatable bonds is 5. The number of fused-ring (bicyclic) bond motifs is 1. The van der Waals surface area contributed by atoms with Gasteiger partial charge in [-0.2, -0.15) is 0 Å². The first kappa shape index (κ1) is 17.3. The molecule has 0 aliphatic carbocycles. The Bertz CT molecular complexity index is 803. The molecule has 132 valence electrons. The van der Waals surface area contributed by atoms with Crippen molar-refractivity contribution in [1.82, 2.24) is 4.98 Å². The summed E-state index contributed by atoms with van der Waals surface area (Å²) in [7, 11) is 0. The van der Waals surface area contributed by atoms with Gasteiger partial charge in [0.15, 0.2) is 0 Å². The van der Waals surface area contributed by atoms with Crippen molar-refractivity contribution in [3.8, 4) is 17.0 Å². The summed E-state index contributed by atoms with van der Waals surface area (Å²) >= 11 is 0. The van der Waals surface area contributed by atoms with Crippen molar-refractivity contribution in [3.05, 3.63) is 47.4 Å². The van der Waals surface area contributed by atoms with Gasteiger partial charge >= 0.3 is 6.43 Å². The van der Waals surface area contributed by atoms with E-state index in [2.05, 4.69) is 4.98 Å². The molecule has 0 amide bonds. The normalized spacial score (nSPS) is 15.1. The van der Waals surface area contributed by atoms with Gasteiger partial charge in [-0.05, 0) is 30.3 Å². The lowest BCUT2D eigenvalue weighted by Gasteiger charge is -2.20. The Balaban J connectivity index is 2.24. The van der Waals surface area contributed by atoms with E-state index < -0.39 is 42.5 Å². The molecule has 0 N–H and O–H groups in total. The molecule has 0 spiro atoms. The molecule has 0 atom stereocenters. The molecular formula is C17H12F5NO2. The van der Waals surface area contributed by atoms with Crippen LogP contribution in [0.5, 0.6) is 5.75 Å². The van der Waals surface area contributed by atoms with Crippen molar-refractivity contribution in [1.29, 1.82) is 0 Å². The van der Waals surface area contributed by atoms with Gasteiger partial charge in [-0.1, -0.05) is 0 Å². The van der Waals surface area contributed by atoms with Crippen LogP contribution in [0.25, 0.3) is 11.3 Å². The lowest BCUT2D eigenvalue weighted by Crippen LogP contribution is -2.33. The predicted molar refractivity (Wildman–Crippen MR) is 79.1 cm³/mol. The Labute approximate surface area is 139 Å². The summed E-state index contributed by atoms with van der Waals surface area (Å²) in [6.07, 6.45) is -3.32. The Morgan fingerprint density at radius 3 is 2.40 bits per heavy atom. The molecule has 3 nitrogen and oxygen atoms in total. The molecule has 3 rings (SSSR count). The quantitative estimate of drug-likeness (QED) is 0.602. The Morgan fingerprint density at radius 2 is 1.84 bits per heavy atom. The predicted octanol–water partition coefficient (Wildman–Crippen LogP) is 3.90. The molecule has 2 aromatic rings. The van der Waals surface area contributed by atoms with Crippen LogP contribution in [0.1, 0.15) is 16.1 Å². The minimum Gasteiger partial charge on any atom is -0.490 e. The molecule has 1 aromatic heterocycles. The number of ketones is 1. The minimum absolute atomic E-state index is 0.00715. The van der Waals surface area contributed by atoms with Gasteiger partial charge in [0.1, 0.15) is 42.9 Å². The van der Waals surface area contributed by atoms with Crippen LogP contribution < -0.4 is 4.74 Å². The number of carbonyl (C=O) groups is 1. The van der Waals surface area contributed by atoms with Crippen LogP contribution in [-0.4, -0.2) is 37.1 Å². The highest BCUT2D eigenvalue weighted by Gasteiger charge is 2.44. The van der Waals surface area contributed by atoms with Crippen LogP contribution >= 0.6 is 0 Å². The molecule has 1 aliphatic rings.